The lowest BCUT2D eigenvalue weighted by Gasteiger charge is -1.99. The van der Waals surface area contributed by atoms with E-state index in [9.17, 15) is 0 Å². The molecule has 0 aliphatic heterocycles. The van der Waals surface area contributed by atoms with Crippen LogP contribution in [0.1, 0.15) is 5.56 Å². The molecular formula is C7H7BrCl2Si. The minimum absolute atomic E-state index is 0.844. The maximum absolute atomic E-state index is 5.74. The lowest BCUT2D eigenvalue weighted by atomic mass is 10.2. The van der Waals surface area contributed by atoms with Crippen LogP contribution in [0.25, 0.3) is 0 Å². The molecule has 1 rings (SSSR count). The van der Waals surface area contributed by atoms with Crippen molar-refractivity contribution in [1.29, 1.82) is 0 Å². The van der Waals surface area contributed by atoms with Crippen LogP contribution in [0.3, 0.4) is 0 Å². The Bertz CT molecular complexity index is 222. The predicted octanol–water partition coefficient (Wildman–Crippen LogP) is 3.23. The highest BCUT2D eigenvalue weighted by Gasteiger charge is 2.02. The van der Waals surface area contributed by atoms with Gasteiger partial charge in [-0.2, -0.15) is 0 Å². The van der Waals surface area contributed by atoms with Crippen molar-refractivity contribution in [2.45, 2.75) is 6.04 Å². The van der Waals surface area contributed by atoms with E-state index in [1.54, 1.807) is 0 Å². The summed E-state index contributed by atoms with van der Waals surface area (Å²) in [5, 5.41) is 0. The van der Waals surface area contributed by atoms with Gasteiger partial charge in [-0.05, 0) is 23.7 Å². The van der Waals surface area contributed by atoms with Gasteiger partial charge in [-0.3, -0.25) is 0 Å². The first-order chi connectivity index (χ1) is 5.18. The maximum Gasteiger partial charge on any atom is 0.241 e. The molecular weight excluding hydrogens is 263 g/mol. The minimum atomic E-state index is -1.48. The molecule has 0 fully saturated rings. The van der Waals surface area contributed by atoms with Gasteiger partial charge in [0, 0.05) is 4.47 Å². The highest BCUT2D eigenvalue weighted by molar-refractivity contribution is 9.10. The zero-order valence-corrected chi connectivity index (χ0v) is 9.98. The van der Waals surface area contributed by atoms with Gasteiger partial charge in [0.25, 0.3) is 0 Å². The van der Waals surface area contributed by atoms with Crippen molar-refractivity contribution in [2.75, 3.05) is 0 Å². The van der Waals surface area contributed by atoms with Crippen LogP contribution in [0.15, 0.2) is 28.7 Å². The lowest BCUT2D eigenvalue weighted by Crippen LogP contribution is -1.98. The molecule has 1 aromatic carbocycles. The van der Waals surface area contributed by atoms with Crippen molar-refractivity contribution in [2.24, 2.45) is 0 Å². The third-order valence-electron chi connectivity index (χ3n) is 1.30. The molecule has 0 N–H and O–H groups in total. The van der Waals surface area contributed by atoms with Crippen LogP contribution in [0.5, 0.6) is 0 Å². The second kappa shape index (κ2) is 4.50. The highest BCUT2D eigenvalue weighted by Crippen LogP contribution is 2.13. The Balaban J connectivity index is 2.66. The summed E-state index contributed by atoms with van der Waals surface area (Å²) in [6.45, 7) is 0. The van der Waals surface area contributed by atoms with Crippen LogP contribution in [-0.4, -0.2) is 7.42 Å². The molecule has 0 bridgehead atoms. The number of hydrogen-bond acceptors (Lipinski definition) is 0. The molecule has 0 heterocycles. The van der Waals surface area contributed by atoms with Gasteiger partial charge < -0.3 is 0 Å². The van der Waals surface area contributed by atoms with E-state index in [1.807, 2.05) is 24.3 Å². The third-order valence-corrected chi connectivity index (χ3v) is 3.54. The molecule has 0 aliphatic carbocycles. The molecule has 0 saturated heterocycles. The lowest BCUT2D eigenvalue weighted by molar-refractivity contribution is 1.38. The van der Waals surface area contributed by atoms with Gasteiger partial charge in [0.2, 0.25) is 7.42 Å². The van der Waals surface area contributed by atoms with Crippen LogP contribution >= 0.6 is 38.1 Å². The summed E-state index contributed by atoms with van der Waals surface area (Å²) in [4.78, 5) is 0. The number of hydrogen-bond donors (Lipinski definition) is 0. The topological polar surface area (TPSA) is 0 Å². The average molecular weight is 270 g/mol. The summed E-state index contributed by atoms with van der Waals surface area (Å²) in [7, 11) is -1.48. The molecule has 0 spiro atoms. The zero-order valence-electron chi connectivity index (χ0n) is 5.73. The van der Waals surface area contributed by atoms with Crippen LogP contribution in [-0.2, 0) is 6.04 Å². The quantitative estimate of drug-likeness (QED) is 0.571. The van der Waals surface area contributed by atoms with E-state index >= 15 is 0 Å². The second-order valence-electron chi connectivity index (χ2n) is 2.22. The summed E-state index contributed by atoms with van der Waals surface area (Å²) in [6.07, 6.45) is 0. The Labute approximate surface area is 85.7 Å². The monoisotopic (exact) mass is 268 g/mol. The van der Waals surface area contributed by atoms with E-state index in [2.05, 4.69) is 15.9 Å². The standard InChI is InChI=1S/C7H7BrCl2Si/c8-7-3-1-6(2-4-7)5-11(9)10/h1-4,11H,5H2. The van der Waals surface area contributed by atoms with Gasteiger partial charge in [-0.25, -0.2) is 0 Å². The molecule has 60 valence electrons. The summed E-state index contributed by atoms with van der Waals surface area (Å²) in [6, 6.07) is 8.92. The number of halogens is 3. The molecule has 0 aromatic heterocycles. The molecule has 0 aliphatic rings. The van der Waals surface area contributed by atoms with Crippen LogP contribution in [0.4, 0.5) is 0 Å². The first-order valence-electron chi connectivity index (χ1n) is 3.21. The van der Waals surface area contributed by atoms with Crippen LogP contribution < -0.4 is 0 Å². The molecule has 0 saturated carbocycles. The van der Waals surface area contributed by atoms with Crippen molar-refractivity contribution >= 4 is 45.5 Å². The van der Waals surface area contributed by atoms with Gasteiger partial charge >= 0.3 is 0 Å². The van der Waals surface area contributed by atoms with Gasteiger partial charge in [0.15, 0.2) is 0 Å². The average Bonchev–Trinajstić information content (AvgIpc) is 1.93. The number of benzene rings is 1. The Kier molecular flexibility index (Phi) is 3.92. The number of rotatable bonds is 2. The third kappa shape index (κ3) is 3.61. The summed E-state index contributed by atoms with van der Waals surface area (Å²) in [5.74, 6) is 0. The SMILES string of the molecule is Cl[SiH](Cl)Cc1ccc(Br)cc1. The van der Waals surface area contributed by atoms with Crippen LogP contribution in [0.2, 0.25) is 0 Å². The van der Waals surface area contributed by atoms with Crippen molar-refractivity contribution in [1.82, 2.24) is 0 Å². The Hall–Kier alpha value is 0.497. The minimum Gasteiger partial charge on any atom is -0.150 e. The summed E-state index contributed by atoms with van der Waals surface area (Å²) >= 11 is 14.8. The largest absolute Gasteiger partial charge is 0.241 e. The Morgan fingerprint density at radius 2 is 1.73 bits per heavy atom. The molecule has 0 atom stereocenters. The second-order valence-corrected chi connectivity index (χ2v) is 8.16. The smallest absolute Gasteiger partial charge is 0.150 e. The Morgan fingerprint density at radius 1 is 1.18 bits per heavy atom. The van der Waals surface area contributed by atoms with E-state index in [1.165, 1.54) is 5.56 Å². The normalized spacial score (nSPS) is 10.5. The van der Waals surface area contributed by atoms with Gasteiger partial charge in [0.05, 0.1) is 0 Å². The fraction of sp³-hybridized carbons (Fsp3) is 0.143. The maximum atomic E-state index is 5.74. The fourth-order valence-corrected chi connectivity index (χ4v) is 2.76. The van der Waals surface area contributed by atoms with Crippen molar-refractivity contribution in [3.8, 4) is 0 Å². The summed E-state index contributed by atoms with van der Waals surface area (Å²) in [5.41, 5.74) is 1.22. The van der Waals surface area contributed by atoms with Crippen molar-refractivity contribution < 1.29 is 0 Å². The molecule has 4 heteroatoms. The first-order valence-corrected chi connectivity index (χ1v) is 8.31. The molecule has 0 nitrogen and oxygen atoms in total. The predicted molar refractivity (Wildman–Crippen MR) is 56.7 cm³/mol. The van der Waals surface area contributed by atoms with Crippen molar-refractivity contribution in [3.63, 3.8) is 0 Å². The molecule has 11 heavy (non-hydrogen) atoms. The van der Waals surface area contributed by atoms with Crippen LogP contribution in [0, 0.1) is 0 Å². The van der Waals surface area contributed by atoms with Gasteiger partial charge in [-0.15, -0.1) is 22.2 Å². The van der Waals surface area contributed by atoms with Gasteiger partial charge in [0.1, 0.15) is 0 Å². The van der Waals surface area contributed by atoms with E-state index < -0.39 is 7.42 Å². The van der Waals surface area contributed by atoms with E-state index in [0.29, 0.717) is 0 Å². The Morgan fingerprint density at radius 3 is 2.18 bits per heavy atom. The fourth-order valence-electron chi connectivity index (χ4n) is 0.799. The van der Waals surface area contributed by atoms with E-state index in [4.69, 9.17) is 22.2 Å². The van der Waals surface area contributed by atoms with E-state index in [-0.39, 0.29) is 0 Å². The molecule has 1 aromatic rings. The summed E-state index contributed by atoms with van der Waals surface area (Å²) < 4.78 is 1.09. The van der Waals surface area contributed by atoms with E-state index in [0.717, 1.165) is 10.5 Å². The van der Waals surface area contributed by atoms with Crippen molar-refractivity contribution in [3.05, 3.63) is 34.3 Å². The first kappa shape index (κ1) is 9.58. The molecule has 0 amide bonds. The highest BCUT2D eigenvalue weighted by atomic mass is 79.9. The zero-order chi connectivity index (χ0) is 8.27. The molecule has 0 radical (unpaired) electrons. The molecule has 0 unspecified atom stereocenters. The van der Waals surface area contributed by atoms with Gasteiger partial charge in [-0.1, -0.05) is 28.1 Å².